The third kappa shape index (κ3) is 4.37. The van der Waals surface area contributed by atoms with E-state index in [1.165, 1.54) is 32.2 Å². The van der Waals surface area contributed by atoms with Crippen molar-refractivity contribution in [2.45, 2.75) is 63.3 Å². The van der Waals surface area contributed by atoms with Crippen molar-refractivity contribution in [2.24, 2.45) is 4.99 Å². The molecule has 4 unspecified atom stereocenters. The first kappa shape index (κ1) is 17.0. The molecular weight excluding hydrogens is 292 g/mol. The van der Waals surface area contributed by atoms with E-state index in [9.17, 15) is 0 Å². The summed E-state index contributed by atoms with van der Waals surface area (Å²) in [6, 6.07) is 0.983. The summed E-state index contributed by atoms with van der Waals surface area (Å²) in [5, 5.41) is 6.99. The van der Waals surface area contributed by atoms with Crippen molar-refractivity contribution in [2.75, 3.05) is 39.9 Å². The summed E-state index contributed by atoms with van der Waals surface area (Å²) in [7, 11) is 1.77. The van der Waals surface area contributed by atoms with Crippen molar-refractivity contribution in [3.05, 3.63) is 0 Å². The molecule has 0 saturated carbocycles. The number of methoxy groups -OCH3 is 1. The standard InChI is InChI=1S/C17H32N4O2/c1-3-18-17(20-15-11-14-6-7-16(15)23-14)19-12-13-5-4-8-21(13)9-10-22-2/h13-16H,3-12H2,1-2H3,(H2,18,19,20). The number of nitrogens with one attached hydrogen (secondary N) is 2. The van der Waals surface area contributed by atoms with Gasteiger partial charge in [0.05, 0.1) is 31.4 Å². The number of aliphatic imine (C=N–C) groups is 1. The molecule has 6 nitrogen and oxygen atoms in total. The Hall–Kier alpha value is -0.850. The Morgan fingerprint density at radius 1 is 1.35 bits per heavy atom. The quantitative estimate of drug-likeness (QED) is 0.540. The molecule has 3 aliphatic rings. The molecule has 2 bridgehead atoms. The Kier molecular flexibility index (Phi) is 6.14. The van der Waals surface area contributed by atoms with Crippen LogP contribution < -0.4 is 10.6 Å². The molecule has 3 heterocycles. The number of likely N-dealkylation sites (tertiary alicyclic amines) is 1. The lowest BCUT2D eigenvalue weighted by Crippen LogP contribution is -2.48. The number of guanidine groups is 1. The molecule has 3 rings (SSSR count). The predicted octanol–water partition coefficient (Wildman–Crippen LogP) is 0.972. The minimum atomic E-state index is 0.383. The summed E-state index contributed by atoms with van der Waals surface area (Å²) >= 11 is 0. The van der Waals surface area contributed by atoms with Crippen LogP contribution in [0.3, 0.4) is 0 Å². The maximum absolute atomic E-state index is 5.94. The van der Waals surface area contributed by atoms with Crippen LogP contribution in [0.4, 0.5) is 0 Å². The van der Waals surface area contributed by atoms with Crippen LogP contribution in [0.1, 0.15) is 39.0 Å². The van der Waals surface area contributed by atoms with E-state index in [0.29, 0.717) is 24.3 Å². The van der Waals surface area contributed by atoms with E-state index >= 15 is 0 Å². The second-order valence-corrected chi connectivity index (χ2v) is 6.90. The Morgan fingerprint density at radius 2 is 2.26 bits per heavy atom. The van der Waals surface area contributed by atoms with Gasteiger partial charge in [0.25, 0.3) is 0 Å². The number of hydrogen-bond acceptors (Lipinski definition) is 4. The molecule has 0 aromatic carbocycles. The van der Waals surface area contributed by atoms with Crippen LogP contribution in [0.2, 0.25) is 0 Å². The normalized spacial score (nSPS) is 34.3. The molecule has 0 aliphatic carbocycles. The molecule has 3 aliphatic heterocycles. The Bertz CT molecular complexity index is 404. The highest BCUT2D eigenvalue weighted by Gasteiger charge is 2.41. The van der Waals surface area contributed by atoms with E-state index in [4.69, 9.17) is 14.5 Å². The van der Waals surface area contributed by atoms with E-state index in [0.717, 1.165) is 38.6 Å². The highest BCUT2D eigenvalue weighted by Crippen LogP contribution is 2.34. The molecule has 0 aromatic heterocycles. The predicted molar refractivity (Wildman–Crippen MR) is 91.9 cm³/mol. The lowest BCUT2D eigenvalue weighted by molar-refractivity contribution is 0.0992. The van der Waals surface area contributed by atoms with Crippen LogP contribution in [0.15, 0.2) is 4.99 Å². The Labute approximate surface area is 140 Å². The van der Waals surface area contributed by atoms with E-state index in [-0.39, 0.29) is 0 Å². The van der Waals surface area contributed by atoms with Gasteiger partial charge >= 0.3 is 0 Å². The van der Waals surface area contributed by atoms with E-state index in [1.54, 1.807) is 7.11 Å². The number of ether oxygens (including phenoxy) is 2. The molecular formula is C17H32N4O2. The molecule has 132 valence electrons. The molecule has 0 radical (unpaired) electrons. The molecule has 0 amide bonds. The Morgan fingerprint density at radius 3 is 2.96 bits per heavy atom. The minimum Gasteiger partial charge on any atom is -0.383 e. The number of hydrogen-bond donors (Lipinski definition) is 2. The molecule has 0 aromatic rings. The van der Waals surface area contributed by atoms with Crippen molar-refractivity contribution < 1.29 is 9.47 Å². The van der Waals surface area contributed by atoms with Gasteiger partial charge in [-0.25, -0.2) is 0 Å². The number of rotatable bonds is 7. The number of nitrogens with zero attached hydrogens (tertiary/aromatic N) is 2. The third-order valence-electron chi connectivity index (χ3n) is 5.31. The lowest BCUT2D eigenvalue weighted by atomic mass is 9.96. The van der Waals surface area contributed by atoms with Gasteiger partial charge in [0, 0.05) is 26.2 Å². The first-order valence-electron chi connectivity index (χ1n) is 9.23. The van der Waals surface area contributed by atoms with Crippen molar-refractivity contribution in [3.8, 4) is 0 Å². The fourth-order valence-electron chi connectivity index (χ4n) is 4.09. The van der Waals surface area contributed by atoms with Crippen molar-refractivity contribution in [1.29, 1.82) is 0 Å². The topological polar surface area (TPSA) is 58.1 Å². The summed E-state index contributed by atoms with van der Waals surface area (Å²) in [6.45, 7) is 6.87. The molecule has 2 N–H and O–H groups in total. The molecule has 23 heavy (non-hydrogen) atoms. The van der Waals surface area contributed by atoms with Gasteiger partial charge in [-0.3, -0.25) is 9.89 Å². The summed E-state index contributed by atoms with van der Waals surface area (Å²) in [6.07, 6.45) is 6.91. The molecule has 3 saturated heterocycles. The van der Waals surface area contributed by atoms with Gasteiger partial charge < -0.3 is 20.1 Å². The summed E-state index contributed by atoms with van der Waals surface area (Å²) < 4.78 is 11.2. The second kappa shape index (κ2) is 8.31. The average Bonchev–Trinajstić information content (AvgIpc) is 3.27. The van der Waals surface area contributed by atoms with Crippen LogP contribution in [0.5, 0.6) is 0 Å². The van der Waals surface area contributed by atoms with Gasteiger partial charge in [0.1, 0.15) is 0 Å². The lowest BCUT2D eigenvalue weighted by Gasteiger charge is -2.25. The molecule has 3 fully saturated rings. The van der Waals surface area contributed by atoms with Gasteiger partial charge in [-0.1, -0.05) is 0 Å². The summed E-state index contributed by atoms with van der Waals surface area (Å²) in [5.74, 6) is 0.951. The zero-order valence-electron chi connectivity index (χ0n) is 14.6. The van der Waals surface area contributed by atoms with Crippen molar-refractivity contribution in [1.82, 2.24) is 15.5 Å². The van der Waals surface area contributed by atoms with E-state index in [2.05, 4.69) is 22.5 Å². The van der Waals surface area contributed by atoms with E-state index in [1.807, 2.05) is 0 Å². The van der Waals surface area contributed by atoms with Crippen LogP contribution >= 0.6 is 0 Å². The highest BCUT2D eigenvalue weighted by molar-refractivity contribution is 5.80. The summed E-state index contributed by atoms with van der Waals surface area (Å²) in [4.78, 5) is 7.37. The minimum absolute atomic E-state index is 0.383. The van der Waals surface area contributed by atoms with E-state index < -0.39 is 0 Å². The smallest absolute Gasteiger partial charge is 0.191 e. The van der Waals surface area contributed by atoms with Gasteiger partial charge in [-0.2, -0.15) is 0 Å². The molecule has 4 atom stereocenters. The van der Waals surface area contributed by atoms with Crippen molar-refractivity contribution in [3.63, 3.8) is 0 Å². The SMILES string of the molecule is CCNC(=NCC1CCCN1CCOC)NC1CC2CCC1O2. The average molecular weight is 324 g/mol. The number of fused-ring (bicyclic) bond motifs is 2. The third-order valence-corrected chi connectivity index (χ3v) is 5.31. The fourth-order valence-corrected chi connectivity index (χ4v) is 4.09. The van der Waals surface area contributed by atoms with Gasteiger partial charge in [-0.15, -0.1) is 0 Å². The maximum atomic E-state index is 5.94. The highest BCUT2D eigenvalue weighted by atomic mass is 16.5. The van der Waals surface area contributed by atoms with Crippen LogP contribution in [0.25, 0.3) is 0 Å². The largest absolute Gasteiger partial charge is 0.383 e. The zero-order valence-corrected chi connectivity index (χ0v) is 14.6. The van der Waals surface area contributed by atoms with Crippen LogP contribution in [-0.4, -0.2) is 75.0 Å². The molecule has 6 heteroatoms. The zero-order chi connectivity index (χ0) is 16.1. The first-order valence-corrected chi connectivity index (χ1v) is 9.23. The molecule has 0 spiro atoms. The maximum Gasteiger partial charge on any atom is 0.191 e. The van der Waals surface area contributed by atoms with Gasteiger partial charge in [0.15, 0.2) is 5.96 Å². The monoisotopic (exact) mass is 324 g/mol. The first-order chi connectivity index (χ1) is 11.3. The van der Waals surface area contributed by atoms with Gasteiger partial charge in [0.2, 0.25) is 0 Å². The summed E-state index contributed by atoms with van der Waals surface area (Å²) in [5.41, 5.74) is 0. The van der Waals surface area contributed by atoms with Gasteiger partial charge in [-0.05, 0) is 45.6 Å². The second-order valence-electron chi connectivity index (χ2n) is 6.90. The fraction of sp³-hybridized carbons (Fsp3) is 0.941. The van der Waals surface area contributed by atoms with Crippen LogP contribution in [-0.2, 0) is 9.47 Å². The van der Waals surface area contributed by atoms with Crippen LogP contribution in [0, 0.1) is 0 Å². The Balaban J connectivity index is 1.51. The van der Waals surface area contributed by atoms with Crippen molar-refractivity contribution >= 4 is 5.96 Å².